The molecule has 3 atom stereocenters. The predicted octanol–water partition coefficient (Wildman–Crippen LogP) is 3.59. The summed E-state index contributed by atoms with van der Waals surface area (Å²) in [6.07, 6.45) is 13.3. The minimum absolute atomic E-state index is 0.286. The molecule has 16 heavy (non-hydrogen) atoms. The van der Waals surface area contributed by atoms with Gasteiger partial charge < -0.3 is 5.32 Å². The minimum Gasteiger partial charge on any atom is -0.301 e. The predicted molar refractivity (Wildman–Crippen MR) is 71.2 cm³/mol. The zero-order valence-corrected chi connectivity index (χ0v) is 11.1. The topological polar surface area (TPSA) is 12.0 Å². The Kier molecular flexibility index (Phi) is 5.91. The van der Waals surface area contributed by atoms with Crippen LogP contribution in [0.4, 0.5) is 0 Å². The molecule has 0 aliphatic heterocycles. The standard InChI is InChI=1S/C15H27N/c1-5-9-13(6-2)16-15-11-8-7-10-14(15)12(3)4/h2,12-16H,5,7-11H2,1,3-4H3. The van der Waals surface area contributed by atoms with Gasteiger partial charge in [-0.15, -0.1) is 6.42 Å². The fourth-order valence-electron chi connectivity index (χ4n) is 2.93. The maximum Gasteiger partial charge on any atom is 0.0689 e. The second-order valence-electron chi connectivity index (χ2n) is 5.47. The lowest BCUT2D eigenvalue weighted by atomic mass is 9.77. The van der Waals surface area contributed by atoms with Gasteiger partial charge in [-0.25, -0.2) is 0 Å². The summed E-state index contributed by atoms with van der Waals surface area (Å²) in [7, 11) is 0. The third kappa shape index (κ3) is 3.83. The fourth-order valence-corrected chi connectivity index (χ4v) is 2.93. The molecule has 0 aromatic carbocycles. The summed E-state index contributed by atoms with van der Waals surface area (Å²) in [5.74, 6) is 4.50. The van der Waals surface area contributed by atoms with Crippen LogP contribution in [0.1, 0.15) is 59.3 Å². The van der Waals surface area contributed by atoms with E-state index in [9.17, 15) is 0 Å². The summed E-state index contributed by atoms with van der Waals surface area (Å²) in [5.41, 5.74) is 0. The Morgan fingerprint density at radius 1 is 1.31 bits per heavy atom. The molecule has 0 heterocycles. The Balaban J connectivity index is 2.51. The second kappa shape index (κ2) is 6.97. The first kappa shape index (κ1) is 13.6. The summed E-state index contributed by atoms with van der Waals surface area (Å²) in [5, 5.41) is 3.70. The Morgan fingerprint density at radius 2 is 2.00 bits per heavy atom. The number of hydrogen-bond donors (Lipinski definition) is 1. The molecule has 1 N–H and O–H groups in total. The third-order valence-corrected chi connectivity index (χ3v) is 3.87. The van der Waals surface area contributed by atoms with Crippen LogP contribution < -0.4 is 5.32 Å². The van der Waals surface area contributed by atoms with Gasteiger partial charge in [0.05, 0.1) is 6.04 Å². The maximum atomic E-state index is 5.59. The van der Waals surface area contributed by atoms with E-state index < -0.39 is 0 Å². The molecule has 1 aliphatic rings. The van der Waals surface area contributed by atoms with Gasteiger partial charge >= 0.3 is 0 Å². The molecule has 1 heteroatoms. The molecule has 1 fully saturated rings. The molecule has 3 unspecified atom stereocenters. The molecule has 1 saturated carbocycles. The van der Waals surface area contributed by atoms with E-state index in [-0.39, 0.29) is 6.04 Å². The summed E-state index contributed by atoms with van der Waals surface area (Å²) in [6.45, 7) is 6.89. The van der Waals surface area contributed by atoms with E-state index in [2.05, 4.69) is 32.0 Å². The van der Waals surface area contributed by atoms with Crippen molar-refractivity contribution in [1.82, 2.24) is 5.32 Å². The van der Waals surface area contributed by atoms with Gasteiger partial charge in [0.25, 0.3) is 0 Å². The highest BCUT2D eigenvalue weighted by Crippen LogP contribution is 2.30. The van der Waals surface area contributed by atoms with Crippen molar-refractivity contribution >= 4 is 0 Å². The Labute approximate surface area is 101 Å². The number of hydrogen-bond acceptors (Lipinski definition) is 1. The number of rotatable bonds is 5. The normalized spacial score (nSPS) is 27.7. The molecule has 0 aromatic rings. The van der Waals surface area contributed by atoms with E-state index in [1.165, 1.54) is 32.1 Å². The van der Waals surface area contributed by atoms with Gasteiger partial charge in [-0.2, -0.15) is 0 Å². The van der Waals surface area contributed by atoms with E-state index in [1.54, 1.807) is 0 Å². The summed E-state index contributed by atoms with van der Waals surface area (Å²) in [4.78, 5) is 0. The van der Waals surface area contributed by atoms with Gasteiger partial charge in [-0.3, -0.25) is 0 Å². The number of terminal acetylenes is 1. The van der Waals surface area contributed by atoms with E-state index in [0.717, 1.165) is 18.3 Å². The zero-order chi connectivity index (χ0) is 12.0. The van der Waals surface area contributed by atoms with Gasteiger partial charge in [0.1, 0.15) is 0 Å². The van der Waals surface area contributed by atoms with Crippen LogP contribution in [0.5, 0.6) is 0 Å². The lowest BCUT2D eigenvalue weighted by Gasteiger charge is -2.36. The molecule has 0 radical (unpaired) electrons. The van der Waals surface area contributed by atoms with Crippen molar-refractivity contribution in [1.29, 1.82) is 0 Å². The second-order valence-corrected chi connectivity index (χ2v) is 5.47. The zero-order valence-electron chi connectivity index (χ0n) is 11.1. The van der Waals surface area contributed by atoms with Crippen LogP contribution in [0, 0.1) is 24.2 Å². The van der Waals surface area contributed by atoms with Gasteiger partial charge in [0.2, 0.25) is 0 Å². The molecular formula is C15H27N. The first-order chi connectivity index (χ1) is 7.69. The Hall–Kier alpha value is -0.480. The van der Waals surface area contributed by atoms with E-state index in [4.69, 9.17) is 6.42 Å². The lowest BCUT2D eigenvalue weighted by Crippen LogP contribution is -2.45. The number of nitrogens with one attached hydrogen (secondary N) is 1. The van der Waals surface area contributed by atoms with Gasteiger partial charge in [0, 0.05) is 6.04 Å². The average Bonchev–Trinajstić information content (AvgIpc) is 2.29. The van der Waals surface area contributed by atoms with Crippen molar-refractivity contribution in [3.05, 3.63) is 0 Å². The molecule has 0 amide bonds. The van der Waals surface area contributed by atoms with Crippen LogP contribution in [-0.2, 0) is 0 Å². The Bertz CT molecular complexity index is 226. The SMILES string of the molecule is C#CC(CCC)NC1CCCCC1C(C)C. The first-order valence-electron chi connectivity index (χ1n) is 6.91. The van der Waals surface area contributed by atoms with Crippen LogP contribution in [0.25, 0.3) is 0 Å². The molecule has 92 valence electrons. The average molecular weight is 221 g/mol. The van der Waals surface area contributed by atoms with Crippen molar-refractivity contribution < 1.29 is 0 Å². The van der Waals surface area contributed by atoms with Crippen LogP contribution in [0.3, 0.4) is 0 Å². The maximum absolute atomic E-state index is 5.59. The molecule has 0 bridgehead atoms. The molecule has 0 spiro atoms. The van der Waals surface area contributed by atoms with Gasteiger partial charge in [-0.05, 0) is 31.1 Å². The van der Waals surface area contributed by atoms with Gasteiger partial charge in [-0.1, -0.05) is 46.0 Å². The van der Waals surface area contributed by atoms with E-state index in [1.807, 2.05) is 0 Å². The van der Waals surface area contributed by atoms with Crippen LogP contribution in [0.15, 0.2) is 0 Å². The van der Waals surface area contributed by atoms with E-state index >= 15 is 0 Å². The highest BCUT2D eigenvalue weighted by Gasteiger charge is 2.28. The van der Waals surface area contributed by atoms with Crippen LogP contribution in [0.2, 0.25) is 0 Å². The smallest absolute Gasteiger partial charge is 0.0689 e. The Morgan fingerprint density at radius 3 is 2.56 bits per heavy atom. The molecular weight excluding hydrogens is 194 g/mol. The van der Waals surface area contributed by atoms with Crippen LogP contribution in [-0.4, -0.2) is 12.1 Å². The summed E-state index contributed by atoms with van der Waals surface area (Å²) >= 11 is 0. The molecule has 1 aliphatic carbocycles. The first-order valence-corrected chi connectivity index (χ1v) is 6.91. The van der Waals surface area contributed by atoms with Gasteiger partial charge in [0.15, 0.2) is 0 Å². The largest absolute Gasteiger partial charge is 0.301 e. The van der Waals surface area contributed by atoms with Crippen molar-refractivity contribution in [2.75, 3.05) is 0 Å². The molecule has 0 saturated heterocycles. The van der Waals surface area contributed by atoms with E-state index in [0.29, 0.717) is 6.04 Å². The fraction of sp³-hybridized carbons (Fsp3) is 0.867. The highest BCUT2D eigenvalue weighted by atomic mass is 15.0. The quantitative estimate of drug-likeness (QED) is 0.700. The van der Waals surface area contributed by atoms with Crippen molar-refractivity contribution in [2.24, 2.45) is 11.8 Å². The van der Waals surface area contributed by atoms with Crippen molar-refractivity contribution in [2.45, 2.75) is 71.4 Å². The summed E-state index contributed by atoms with van der Waals surface area (Å²) in [6, 6.07) is 0.940. The minimum atomic E-state index is 0.286. The molecule has 0 aromatic heterocycles. The lowest BCUT2D eigenvalue weighted by molar-refractivity contribution is 0.198. The molecule has 1 nitrogen and oxygen atoms in total. The monoisotopic (exact) mass is 221 g/mol. The molecule has 1 rings (SSSR count). The van der Waals surface area contributed by atoms with Crippen LogP contribution >= 0.6 is 0 Å². The summed E-state index contributed by atoms with van der Waals surface area (Å²) < 4.78 is 0. The van der Waals surface area contributed by atoms with Crippen molar-refractivity contribution in [3.8, 4) is 12.3 Å². The highest BCUT2D eigenvalue weighted by molar-refractivity contribution is 5.01. The van der Waals surface area contributed by atoms with Crippen molar-refractivity contribution in [3.63, 3.8) is 0 Å². The third-order valence-electron chi connectivity index (χ3n) is 3.87.